The number of carbonyl (C=O) groups is 3. The van der Waals surface area contributed by atoms with Gasteiger partial charge in [0.2, 0.25) is 5.91 Å². The second kappa shape index (κ2) is 10.1. The molecule has 2 N–H and O–H groups in total. The number of piperidine rings is 1. The van der Waals surface area contributed by atoms with Crippen molar-refractivity contribution in [3.8, 4) is 0 Å². The standard InChI is InChI=1S/C23H23ClN2O4/c24-20-15-18(25-21(27)8-9-22(28)29)6-7-19(20)23(30)26-12-10-17(11-13-26)14-16-4-2-1-3-5-16/h1-9,15,17H,10-14H2,(H,25,27)(H,28,29)/b9-8+. The fourth-order valence-corrected chi connectivity index (χ4v) is 3.82. The van der Waals surface area contributed by atoms with E-state index >= 15 is 0 Å². The molecule has 0 bridgehead atoms. The van der Waals surface area contributed by atoms with E-state index in [9.17, 15) is 14.4 Å². The molecule has 3 rings (SSSR count). The summed E-state index contributed by atoms with van der Waals surface area (Å²) in [4.78, 5) is 36.8. The number of carboxylic acid groups (broad SMARTS) is 1. The summed E-state index contributed by atoms with van der Waals surface area (Å²) >= 11 is 6.28. The lowest BCUT2D eigenvalue weighted by Crippen LogP contribution is -2.39. The van der Waals surface area contributed by atoms with Crippen molar-refractivity contribution in [1.29, 1.82) is 0 Å². The number of hydrogen-bond acceptors (Lipinski definition) is 3. The van der Waals surface area contributed by atoms with Gasteiger partial charge in [-0.15, -0.1) is 0 Å². The average molecular weight is 427 g/mol. The highest BCUT2D eigenvalue weighted by Gasteiger charge is 2.25. The largest absolute Gasteiger partial charge is 0.478 e. The number of carbonyl (C=O) groups excluding carboxylic acids is 2. The highest BCUT2D eigenvalue weighted by Crippen LogP contribution is 2.26. The number of benzene rings is 2. The number of aliphatic carboxylic acids is 1. The van der Waals surface area contributed by atoms with Crippen LogP contribution in [0, 0.1) is 5.92 Å². The van der Waals surface area contributed by atoms with Crippen LogP contribution >= 0.6 is 11.6 Å². The van der Waals surface area contributed by atoms with Gasteiger partial charge in [0.25, 0.3) is 5.91 Å². The molecule has 1 heterocycles. The molecule has 156 valence electrons. The lowest BCUT2D eigenvalue weighted by molar-refractivity contribution is -0.131. The number of hydrogen-bond donors (Lipinski definition) is 2. The van der Waals surface area contributed by atoms with Crippen molar-refractivity contribution >= 4 is 35.1 Å². The summed E-state index contributed by atoms with van der Waals surface area (Å²) in [7, 11) is 0. The molecule has 1 fully saturated rings. The van der Waals surface area contributed by atoms with Crippen molar-refractivity contribution in [3.05, 3.63) is 76.8 Å². The minimum absolute atomic E-state index is 0.123. The summed E-state index contributed by atoms with van der Waals surface area (Å²) in [6.07, 6.45) is 4.57. The fraction of sp³-hybridized carbons (Fsp3) is 0.261. The van der Waals surface area contributed by atoms with Crippen LogP contribution in [0.1, 0.15) is 28.8 Å². The number of nitrogens with one attached hydrogen (secondary N) is 1. The zero-order chi connectivity index (χ0) is 21.5. The number of likely N-dealkylation sites (tertiary alicyclic amines) is 1. The topological polar surface area (TPSA) is 86.7 Å². The summed E-state index contributed by atoms with van der Waals surface area (Å²) < 4.78 is 0. The number of anilines is 1. The molecule has 30 heavy (non-hydrogen) atoms. The van der Waals surface area contributed by atoms with Gasteiger partial charge in [-0.3, -0.25) is 9.59 Å². The van der Waals surface area contributed by atoms with Gasteiger partial charge in [0, 0.05) is 30.9 Å². The van der Waals surface area contributed by atoms with E-state index in [0.717, 1.165) is 31.4 Å². The summed E-state index contributed by atoms with van der Waals surface area (Å²) in [5, 5.41) is 11.3. The van der Waals surface area contributed by atoms with Crippen LogP contribution < -0.4 is 5.32 Å². The first kappa shape index (κ1) is 21.6. The molecule has 0 aromatic heterocycles. The van der Waals surface area contributed by atoms with Crippen molar-refractivity contribution in [2.24, 2.45) is 5.92 Å². The summed E-state index contributed by atoms with van der Waals surface area (Å²) in [6.45, 7) is 1.37. The molecule has 1 aliphatic rings. The Morgan fingerprint density at radius 2 is 1.77 bits per heavy atom. The molecule has 6 nitrogen and oxygen atoms in total. The Morgan fingerprint density at radius 1 is 1.07 bits per heavy atom. The lowest BCUT2D eigenvalue weighted by Gasteiger charge is -2.32. The van der Waals surface area contributed by atoms with Crippen molar-refractivity contribution < 1.29 is 19.5 Å². The summed E-state index contributed by atoms with van der Waals surface area (Å²) in [5.74, 6) is -1.37. The van der Waals surface area contributed by atoms with Crippen LogP contribution in [0.25, 0.3) is 0 Å². The van der Waals surface area contributed by atoms with Crippen molar-refractivity contribution in [2.45, 2.75) is 19.3 Å². The van der Waals surface area contributed by atoms with Gasteiger partial charge < -0.3 is 15.3 Å². The van der Waals surface area contributed by atoms with Crippen LogP contribution in [0.5, 0.6) is 0 Å². The van der Waals surface area contributed by atoms with Crippen LogP contribution in [-0.4, -0.2) is 40.9 Å². The third-order valence-corrected chi connectivity index (χ3v) is 5.43. The number of rotatable bonds is 6. The van der Waals surface area contributed by atoms with E-state index < -0.39 is 11.9 Å². The molecule has 0 radical (unpaired) electrons. The Kier molecular flexibility index (Phi) is 7.25. The van der Waals surface area contributed by atoms with E-state index in [4.69, 9.17) is 16.7 Å². The fourth-order valence-electron chi connectivity index (χ4n) is 3.56. The van der Waals surface area contributed by atoms with E-state index in [1.165, 1.54) is 11.6 Å². The van der Waals surface area contributed by atoms with E-state index in [1.54, 1.807) is 12.1 Å². The number of carboxylic acids is 1. The third kappa shape index (κ3) is 5.94. The molecule has 0 saturated carbocycles. The van der Waals surface area contributed by atoms with Crippen LogP contribution in [0.3, 0.4) is 0 Å². The first-order valence-corrected chi connectivity index (χ1v) is 10.1. The van der Waals surface area contributed by atoms with Crippen LogP contribution in [0.15, 0.2) is 60.7 Å². The van der Waals surface area contributed by atoms with Crippen molar-refractivity contribution in [3.63, 3.8) is 0 Å². The molecule has 2 aromatic carbocycles. The molecular weight excluding hydrogens is 404 g/mol. The molecule has 1 saturated heterocycles. The van der Waals surface area contributed by atoms with Gasteiger partial charge in [0.05, 0.1) is 10.6 Å². The molecule has 7 heteroatoms. The molecule has 0 spiro atoms. The van der Waals surface area contributed by atoms with Gasteiger partial charge >= 0.3 is 5.97 Å². The molecule has 0 unspecified atom stereocenters. The summed E-state index contributed by atoms with van der Waals surface area (Å²) in [6, 6.07) is 15.0. The Labute approximate surface area is 180 Å². The molecular formula is C23H23ClN2O4. The maximum atomic E-state index is 12.9. The Hall–Kier alpha value is -3.12. The van der Waals surface area contributed by atoms with Crippen molar-refractivity contribution in [1.82, 2.24) is 4.90 Å². The maximum absolute atomic E-state index is 12.9. The van der Waals surface area contributed by atoms with Gasteiger partial charge in [-0.2, -0.15) is 0 Å². The maximum Gasteiger partial charge on any atom is 0.328 e. The monoisotopic (exact) mass is 426 g/mol. The number of nitrogens with zero attached hydrogens (tertiary/aromatic N) is 1. The Bertz CT molecular complexity index is 951. The Morgan fingerprint density at radius 3 is 2.40 bits per heavy atom. The van der Waals surface area contributed by atoms with E-state index in [2.05, 4.69) is 17.4 Å². The van der Waals surface area contributed by atoms with Gasteiger partial charge in [0.15, 0.2) is 0 Å². The van der Waals surface area contributed by atoms with Crippen LogP contribution in [0.4, 0.5) is 5.69 Å². The molecule has 1 aliphatic heterocycles. The predicted octanol–water partition coefficient (Wildman–Crippen LogP) is 4.01. The minimum atomic E-state index is -1.21. The van der Waals surface area contributed by atoms with Crippen LogP contribution in [0.2, 0.25) is 5.02 Å². The van der Waals surface area contributed by atoms with E-state index in [0.29, 0.717) is 30.3 Å². The lowest BCUT2D eigenvalue weighted by atomic mass is 9.90. The van der Waals surface area contributed by atoms with E-state index in [-0.39, 0.29) is 10.9 Å². The van der Waals surface area contributed by atoms with Gasteiger partial charge in [-0.1, -0.05) is 41.9 Å². The van der Waals surface area contributed by atoms with E-state index in [1.807, 2.05) is 23.1 Å². The van der Waals surface area contributed by atoms with Crippen LogP contribution in [-0.2, 0) is 16.0 Å². The zero-order valence-electron chi connectivity index (χ0n) is 16.4. The molecule has 2 aromatic rings. The molecule has 0 atom stereocenters. The average Bonchev–Trinajstić information content (AvgIpc) is 2.73. The SMILES string of the molecule is O=C(O)/C=C/C(=O)Nc1ccc(C(=O)N2CCC(Cc3ccccc3)CC2)c(Cl)c1. The van der Waals surface area contributed by atoms with Crippen molar-refractivity contribution in [2.75, 3.05) is 18.4 Å². The number of amides is 2. The highest BCUT2D eigenvalue weighted by molar-refractivity contribution is 6.34. The first-order chi connectivity index (χ1) is 14.4. The quantitative estimate of drug-likeness (QED) is 0.683. The highest BCUT2D eigenvalue weighted by atomic mass is 35.5. The minimum Gasteiger partial charge on any atom is -0.478 e. The second-order valence-corrected chi connectivity index (χ2v) is 7.69. The van der Waals surface area contributed by atoms with Gasteiger partial charge in [-0.25, -0.2) is 4.79 Å². The summed E-state index contributed by atoms with van der Waals surface area (Å²) in [5.41, 5.74) is 2.09. The third-order valence-electron chi connectivity index (χ3n) is 5.11. The first-order valence-electron chi connectivity index (χ1n) is 9.77. The zero-order valence-corrected chi connectivity index (χ0v) is 17.1. The van der Waals surface area contributed by atoms with Gasteiger partial charge in [-0.05, 0) is 48.9 Å². The molecule has 0 aliphatic carbocycles. The predicted molar refractivity (Wildman–Crippen MR) is 116 cm³/mol. The smallest absolute Gasteiger partial charge is 0.328 e. The van der Waals surface area contributed by atoms with Gasteiger partial charge in [0.1, 0.15) is 0 Å². The normalized spacial score (nSPS) is 14.6. The second-order valence-electron chi connectivity index (χ2n) is 7.28. The Balaban J connectivity index is 1.56. The molecule has 2 amide bonds. The number of halogens is 1.